The quantitative estimate of drug-likeness (QED) is 0.481. The van der Waals surface area contributed by atoms with Crippen LogP contribution in [0.5, 0.6) is 0 Å². The smallest absolute Gasteiger partial charge is 0.326 e. The van der Waals surface area contributed by atoms with Crippen LogP contribution >= 0.6 is 0 Å². The van der Waals surface area contributed by atoms with Gasteiger partial charge in [-0.15, -0.1) is 0 Å². The fourth-order valence-corrected chi connectivity index (χ4v) is 1.75. The fourth-order valence-electron chi connectivity index (χ4n) is 1.75. The monoisotopic (exact) mass is 285 g/mol. The lowest BCUT2D eigenvalue weighted by Crippen LogP contribution is -2.48. The van der Waals surface area contributed by atoms with Gasteiger partial charge in [-0.05, 0) is 25.2 Å². The molecule has 0 aliphatic heterocycles. The number of amides is 3. The molecule has 7 heteroatoms. The van der Waals surface area contributed by atoms with Crippen molar-refractivity contribution >= 4 is 17.9 Å². The standard InChI is InChI=1S/C13H23N3O4/c1-8(2)7-10(12(18)19)16-13(20)15-6-5-14-11(17)9-3-4-9/h8-10H,3-7H2,1-2H3,(H,14,17)(H,18,19)(H2,15,16,20)/t10-/m1/s1. The molecule has 0 heterocycles. The molecule has 0 aromatic rings. The van der Waals surface area contributed by atoms with Crippen LogP contribution in [0.15, 0.2) is 0 Å². The Kier molecular flexibility index (Phi) is 6.27. The summed E-state index contributed by atoms with van der Waals surface area (Å²) in [6.07, 6.45) is 2.26. The molecule has 3 amide bonds. The minimum Gasteiger partial charge on any atom is -0.480 e. The number of carboxylic acids is 1. The minimum atomic E-state index is -1.05. The molecule has 1 saturated carbocycles. The summed E-state index contributed by atoms with van der Waals surface area (Å²) in [5.41, 5.74) is 0. The molecule has 1 atom stereocenters. The van der Waals surface area contributed by atoms with E-state index < -0.39 is 18.0 Å². The summed E-state index contributed by atoms with van der Waals surface area (Å²) >= 11 is 0. The Labute approximate surface area is 118 Å². The first-order valence-electron chi connectivity index (χ1n) is 6.95. The molecular weight excluding hydrogens is 262 g/mol. The molecule has 0 radical (unpaired) electrons. The first kappa shape index (κ1) is 16.3. The van der Waals surface area contributed by atoms with Crippen LogP contribution in [-0.4, -0.2) is 42.1 Å². The largest absolute Gasteiger partial charge is 0.480 e. The summed E-state index contributed by atoms with van der Waals surface area (Å²) in [7, 11) is 0. The molecular formula is C13H23N3O4. The average Bonchev–Trinajstić information content (AvgIpc) is 3.17. The Morgan fingerprint density at radius 1 is 1.15 bits per heavy atom. The third-order valence-corrected chi connectivity index (χ3v) is 2.97. The van der Waals surface area contributed by atoms with Crippen LogP contribution in [0.25, 0.3) is 0 Å². The molecule has 0 bridgehead atoms. The maximum Gasteiger partial charge on any atom is 0.326 e. The van der Waals surface area contributed by atoms with E-state index in [1.54, 1.807) is 0 Å². The van der Waals surface area contributed by atoms with Crippen LogP contribution in [-0.2, 0) is 9.59 Å². The summed E-state index contributed by atoms with van der Waals surface area (Å²) in [6, 6.07) is -1.42. The van der Waals surface area contributed by atoms with E-state index in [1.165, 1.54) is 0 Å². The van der Waals surface area contributed by atoms with Crippen molar-refractivity contribution in [1.29, 1.82) is 0 Å². The zero-order valence-corrected chi connectivity index (χ0v) is 11.9. The summed E-state index contributed by atoms with van der Waals surface area (Å²) in [5.74, 6) is -0.702. The molecule has 1 aliphatic rings. The fraction of sp³-hybridized carbons (Fsp3) is 0.769. The van der Waals surface area contributed by atoms with Gasteiger partial charge >= 0.3 is 12.0 Å². The predicted octanol–water partition coefficient (Wildman–Crippen LogP) is 0.311. The Hall–Kier alpha value is -1.79. The van der Waals surface area contributed by atoms with Crippen molar-refractivity contribution in [2.45, 2.75) is 39.2 Å². The number of nitrogens with one attached hydrogen (secondary N) is 3. The van der Waals surface area contributed by atoms with Gasteiger partial charge in [0, 0.05) is 19.0 Å². The Morgan fingerprint density at radius 2 is 1.75 bits per heavy atom. The summed E-state index contributed by atoms with van der Waals surface area (Å²) in [5, 5.41) is 16.6. The van der Waals surface area contributed by atoms with Crippen molar-refractivity contribution in [1.82, 2.24) is 16.0 Å². The van der Waals surface area contributed by atoms with E-state index in [0.29, 0.717) is 13.0 Å². The first-order valence-corrected chi connectivity index (χ1v) is 6.95. The average molecular weight is 285 g/mol. The SMILES string of the molecule is CC(C)C[C@@H](NC(=O)NCCNC(=O)C1CC1)C(=O)O. The van der Waals surface area contributed by atoms with Crippen LogP contribution in [0, 0.1) is 11.8 Å². The van der Waals surface area contributed by atoms with Gasteiger partial charge in [0.25, 0.3) is 0 Å². The summed E-state index contributed by atoms with van der Waals surface area (Å²) in [6.45, 7) is 4.41. The number of carboxylic acid groups (broad SMARTS) is 1. The van der Waals surface area contributed by atoms with Gasteiger partial charge in [-0.1, -0.05) is 13.8 Å². The Balaban J connectivity index is 2.16. The van der Waals surface area contributed by atoms with Crippen LogP contribution in [0.1, 0.15) is 33.1 Å². The Morgan fingerprint density at radius 3 is 2.25 bits per heavy atom. The number of urea groups is 1. The minimum absolute atomic E-state index is 0.0235. The molecule has 0 saturated heterocycles. The van der Waals surface area contributed by atoms with Crippen LogP contribution in [0.2, 0.25) is 0 Å². The molecule has 20 heavy (non-hydrogen) atoms. The molecule has 7 nitrogen and oxygen atoms in total. The molecule has 0 spiro atoms. The lowest BCUT2D eigenvalue weighted by molar-refractivity contribution is -0.139. The number of rotatable bonds is 8. The number of hydrogen-bond acceptors (Lipinski definition) is 3. The second-order valence-corrected chi connectivity index (χ2v) is 5.49. The number of aliphatic carboxylic acids is 1. The van der Waals surface area contributed by atoms with Gasteiger partial charge in [0.2, 0.25) is 5.91 Å². The van der Waals surface area contributed by atoms with Gasteiger partial charge < -0.3 is 21.1 Å². The van der Waals surface area contributed by atoms with E-state index in [4.69, 9.17) is 5.11 Å². The zero-order valence-electron chi connectivity index (χ0n) is 11.9. The lowest BCUT2D eigenvalue weighted by atomic mass is 10.0. The lowest BCUT2D eigenvalue weighted by Gasteiger charge is -2.17. The normalized spacial score (nSPS) is 15.6. The van der Waals surface area contributed by atoms with E-state index in [2.05, 4.69) is 16.0 Å². The van der Waals surface area contributed by atoms with Gasteiger partial charge in [0.15, 0.2) is 0 Å². The zero-order chi connectivity index (χ0) is 15.1. The Bertz CT molecular complexity index is 367. The number of carbonyl (C=O) groups is 3. The molecule has 0 aromatic heterocycles. The maximum atomic E-state index is 11.5. The molecule has 1 fully saturated rings. The van der Waals surface area contributed by atoms with Gasteiger partial charge in [0.1, 0.15) is 6.04 Å². The second kappa shape index (κ2) is 7.72. The predicted molar refractivity (Wildman–Crippen MR) is 73.1 cm³/mol. The van der Waals surface area contributed by atoms with E-state index in [9.17, 15) is 14.4 Å². The summed E-state index contributed by atoms with van der Waals surface area (Å²) in [4.78, 5) is 33.8. The van der Waals surface area contributed by atoms with Crippen LogP contribution in [0.3, 0.4) is 0 Å². The summed E-state index contributed by atoms with van der Waals surface area (Å²) < 4.78 is 0. The molecule has 0 unspecified atom stereocenters. The van der Waals surface area contributed by atoms with Crippen LogP contribution in [0.4, 0.5) is 4.79 Å². The van der Waals surface area contributed by atoms with Crippen molar-refractivity contribution in [2.24, 2.45) is 11.8 Å². The molecule has 1 rings (SSSR count). The van der Waals surface area contributed by atoms with Gasteiger partial charge in [0.05, 0.1) is 0 Å². The molecule has 114 valence electrons. The van der Waals surface area contributed by atoms with Crippen LogP contribution < -0.4 is 16.0 Å². The highest BCUT2D eigenvalue weighted by molar-refractivity contribution is 5.82. The van der Waals surface area contributed by atoms with Gasteiger partial charge in [-0.25, -0.2) is 9.59 Å². The van der Waals surface area contributed by atoms with Gasteiger partial charge in [-0.3, -0.25) is 4.79 Å². The highest BCUT2D eigenvalue weighted by Crippen LogP contribution is 2.28. The number of carbonyl (C=O) groups excluding carboxylic acids is 2. The van der Waals surface area contributed by atoms with Gasteiger partial charge in [-0.2, -0.15) is 0 Å². The van der Waals surface area contributed by atoms with Crippen molar-refractivity contribution < 1.29 is 19.5 Å². The first-order chi connectivity index (χ1) is 9.40. The third-order valence-electron chi connectivity index (χ3n) is 2.97. The number of hydrogen-bond donors (Lipinski definition) is 4. The molecule has 1 aliphatic carbocycles. The van der Waals surface area contributed by atoms with Crippen molar-refractivity contribution in [3.63, 3.8) is 0 Å². The molecule has 0 aromatic carbocycles. The topological polar surface area (TPSA) is 108 Å². The highest BCUT2D eigenvalue weighted by atomic mass is 16.4. The van der Waals surface area contributed by atoms with E-state index in [-0.39, 0.29) is 24.3 Å². The van der Waals surface area contributed by atoms with Crippen molar-refractivity contribution in [3.05, 3.63) is 0 Å². The highest BCUT2D eigenvalue weighted by Gasteiger charge is 2.29. The third kappa shape index (κ3) is 6.40. The van der Waals surface area contributed by atoms with E-state index >= 15 is 0 Å². The molecule has 4 N–H and O–H groups in total. The van der Waals surface area contributed by atoms with E-state index in [0.717, 1.165) is 12.8 Å². The van der Waals surface area contributed by atoms with E-state index in [1.807, 2.05) is 13.8 Å². The van der Waals surface area contributed by atoms with Crippen molar-refractivity contribution in [3.8, 4) is 0 Å². The van der Waals surface area contributed by atoms with Crippen molar-refractivity contribution in [2.75, 3.05) is 13.1 Å². The second-order valence-electron chi connectivity index (χ2n) is 5.49. The maximum absolute atomic E-state index is 11.5.